The quantitative estimate of drug-likeness (QED) is 0.870. The minimum atomic E-state index is 0.715. The van der Waals surface area contributed by atoms with Crippen LogP contribution in [0.2, 0.25) is 0 Å². The molecule has 16 heavy (non-hydrogen) atoms. The molecule has 1 aromatic rings. The molecule has 1 fully saturated rings. The second kappa shape index (κ2) is 5.25. The highest BCUT2D eigenvalue weighted by molar-refractivity contribution is 7.11. The molecule has 2 rings (SSSR count). The number of thiazole rings is 1. The maximum atomic E-state index is 4.50. The molecule has 0 radical (unpaired) electrons. The summed E-state index contributed by atoms with van der Waals surface area (Å²) in [6.07, 6.45) is 1.28. The summed E-state index contributed by atoms with van der Waals surface area (Å²) >= 11 is 1.84. The van der Waals surface area contributed by atoms with Crippen molar-refractivity contribution in [3.8, 4) is 0 Å². The summed E-state index contributed by atoms with van der Waals surface area (Å²) in [5, 5.41) is 4.63. The van der Waals surface area contributed by atoms with Gasteiger partial charge in [-0.1, -0.05) is 6.92 Å². The smallest absolute Gasteiger partial charge is 0.0900 e. The van der Waals surface area contributed by atoms with E-state index in [1.807, 2.05) is 11.3 Å². The first-order valence-corrected chi connectivity index (χ1v) is 6.90. The van der Waals surface area contributed by atoms with Crippen molar-refractivity contribution in [2.24, 2.45) is 0 Å². The molecule has 0 saturated carbocycles. The van der Waals surface area contributed by atoms with E-state index < -0.39 is 0 Å². The molecule has 90 valence electrons. The fourth-order valence-corrected chi connectivity index (χ4v) is 3.32. The lowest BCUT2D eigenvalue weighted by molar-refractivity contribution is 0.212. The van der Waals surface area contributed by atoms with Gasteiger partial charge in [-0.25, -0.2) is 4.98 Å². The fourth-order valence-electron chi connectivity index (χ4n) is 2.35. The molecule has 2 heterocycles. The van der Waals surface area contributed by atoms with E-state index in [0.29, 0.717) is 6.04 Å². The van der Waals surface area contributed by atoms with Crippen LogP contribution in [-0.4, -0.2) is 35.6 Å². The summed E-state index contributed by atoms with van der Waals surface area (Å²) in [7, 11) is 0. The Morgan fingerprint density at radius 1 is 1.50 bits per heavy atom. The molecule has 1 unspecified atom stereocenters. The molecule has 0 aliphatic carbocycles. The highest BCUT2D eigenvalue weighted by Gasteiger charge is 2.22. The van der Waals surface area contributed by atoms with Gasteiger partial charge in [0.1, 0.15) is 0 Å². The highest BCUT2D eigenvalue weighted by Crippen LogP contribution is 2.21. The third-order valence-electron chi connectivity index (χ3n) is 3.30. The molecular formula is C12H21N3S. The number of rotatable bonds is 4. The summed E-state index contributed by atoms with van der Waals surface area (Å²) < 4.78 is 0. The van der Waals surface area contributed by atoms with E-state index in [9.17, 15) is 0 Å². The zero-order chi connectivity index (χ0) is 11.5. The molecule has 0 bridgehead atoms. The van der Waals surface area contributed by atoms with Crippen LogP contribution in [0.5, 0.6) is 0 Å². The summed E-state index contributed by atoms with van der Waals surface area (Å²) in [6.45, 7) is 11.0. The van der Waals surface area contributed by atoms with E-state index in [-0.39, 0.29) is 0 Å². The topological polar surface area (TPSA) is 28.2 Å². The number of hydrogen-bond acceptors (Lipinski definition) is 4. The van der Waals surface area contributed by atoms with E-state index in [1.54, 1.807) is 0 Å². The van der Waals surface area contributed by atoms with Crippen molar-refractivity contribution in [2.75, 3.05) is 19.6 Å². The lowest BCUT2D eigenvalue weighted by atomic mass is 10.2. The van der Waals surface area contributed by atoms with E-state index in [0.717, 1.165) is 19.6 Å². The SMILES string of the molecule is CCN(Cc1sc(C)nc1C)C1CCNC1. The second-order valence-electron chi connectivity index (χ2n) is 4.45. The number of nitrogens with zero attached hydrogens (tertiary/aromatic N) is 2. The third-order valence-corrected chi connectivity index (χ3v) is 4.36. The molecule has 1 aliphatic rings. The number of likely N-dealkylation sites (N-methyl/N-ethyl adjacent to an activating group) is 1. The summed E-state index contributed by atoms with van der Waals surface area (Å²) in [5.41, 5.74) is 1.21. The zero-order valence-electron chi connectivity index (χ0n) is 10.4. The second-order valence-corrected chi connectivity index (χ2v) is 5.74. The van der Waals surface area contributed by atoms with Crippen LogP contribution in [0.1, 0.15) is 28.9 Å². The van der Waals surface area contributed by atoms with Gasteiger partial charge in [-0.15, -0.1) is 11.3 Å². The van der Waals surface area contributed by atoms with Gasteiger partial charge in [0.2, 0.25) is 0 Å². The standard InChI is InChI=1S/C12H21N3S/c1-4-15(11-5-6-13-7-11)8-12-9(2)14-10(3)16-12/h11,13H,4-8H2,1-3H3. The summed E-state index contributed by atoms with van der Waals surface area (Å²) in [6, 6.07) is 0.715. The van der Waals surface area contributed by atoms with Gasteiger partial charge < -0.3 is 5.32 Å². The Hall–Kier alpha value is -0.450. The van der Waals surface area contributed by atoms with Gasteiger partial charge in [-0.2, -0.15) is 0 Å². The number of hydrogen-bond donors (Lipinski definition) is 1. The van der Waals surface area contributed by atoms with Gasteiger partial charge >= 0.3 is 0 Å². The van der Waals surface area contributed by atoms with Gasteiger partial charge in [0.15, 0.2) is 0 Å². The lowest BCUT2D eigenvalue weighted by Gasteiger charge is -2.26. The van der Waals surface area contributed by atoms with Crippen LogP contribution in [0.4, 0.5) is 0 Å². The van der Waals surface area contributed by atoms with Crippen LogP contribution in [0, 0.1) is 13.8 Å². The Kier molecular flexibility index (Phi) is 3.95. The van der Waals surface area contributed by atoms with Crippen molar-refractivity contribution in [1.29, 1.82) is 0 Å². The molecular weight excluding hydrogens is 218 g/mol. The monoisotopic (exact) mass is 239 g/mol. The van der Waals surface area contributed by atoms with Crippen molar-refractivity contribution in [3.05, 3.63) is 15.6 Å². The Bertz CT molecular complexity index is 342. The molecule has 1 N–H and O–H groups in total. The zero-order valence-corrected chi connectivity index (χ0v) is 11.2. The van der Waals surface area contributed by atoms with Crippen molar-refractivity contribution in [2.45, 2.75) is 39.8 Å². The molecule has 1 aliphatic heterocycles. The first kappa shape index (κ1) is 12.0. The average molecular weight is 239 g/mol. The maximum absolute atomic E-state index is 4.50. The van der Waals surface area contributed by atoms with E-state index in [1.165, 1.54) is 28.5 Å². The van der Waals surface area contributed by atoms with E-state index >= 15 is 0 Å². The number of aromatic nitrogens is 1. The summed E-state index contributed by atoms with van der Waals surface area (Å²) in [4.78, 5) is 8.51. The normalized spacial score (nSPS) is 20.9. The predicted octanol–water partition coefficient (Wildman–Crippen LogP) is 1.94. The minimum absolute atomic E-state index is 0.715. The van der Waals surface area contributed by atoms with Gasteiger partial charge in [0.05, 0.1) is 10.7 Å². The number of nitrogens with one attached hydrogen (secondary N) is 1. The molecule has 0 amide bonds. The van der Waals surface area contributed by atoms with Crippen LogP contribution < -0.4 is 5.32 Å². The first-order valence-electron chi connectivity index (χ1n) is 6.08. The Labute approximate surface area is 102 Å². The number of aryl methyl sites for hydroxylation is 2. The van der Waals surface area contributed by atoms with Crippen molar-refractivity contribution >= 4 is 11.3 Å². The van der Waals surface area contributed by atoms with Crippen LogP contribution in [-0.2, 0) is 6.54 Å². The fraction of sp³-hybridized carbons (Fsp3) is 0.750. The highest BCUT2D eigenvalue weighted by atomic mass is 32.1. The average Bonchev–Trinajstić information content (AvgIpc) is 2.85. The molecule has 1 aromatic heterocycles. The lowest BCUT2D eigenvalue weighted by Crippen LogP contribution is -2.36. The van der Waals surface area contributed by atoms with Crippen molar-refractivity contribution in [3.63, 3.8) is 0 Å². The molecule has 1 saturated heterocycles. The Morgan fingerprint density at radius 2 is 2.31 bits per heavy atom. The summed E-state index contributed by atoms with van der Waals surface area (Å²) in [5.74, 6) is 0. The van der Waals surface area contributed by atoms with Gasteiger partial charge in [0, 0.05) is 24.0 Å². The van der Waals surface area contributed by atoms with Crippen molar-refractivity contribution in [1.82, 2.24) is 15.2 Å². The third kappa shape index (κ3) is 2.62. The van der Waals surface area contributed by atoms with Crippen LogP contribution >= 0.6 is 11.3 Å². The molecule has 4 heteroatoms. The predicted molar refractivity (Wildman–Crippen MR) is 68.9 cm³/mol. The van der Waals surface area contributed by atoms with Gasteiger partial charge in [-0.3, -0.25) is 4.90 Å². The molecule has 3 nitrogen and oxygen atoms in total. The van der Waals surface area contributed by atoms with Crippen LogP contribution in [0.25, 0.3) is 0 Å². The van der Waals surface area contributed by atoms with Crippen LogP contribution in [0.15, 0.2) is 0 Å². The Morgan fingerprint density at radius 3 is 2.81 bits per heavy atom. The van der Waals surface area contributed by atoms with Gasteiger partial charge in [0.25, 0.3) is 0 Å². The molecule has 0 spiro atoms. The van der Waals surface area contributed by atoms with E-state index in [2.05, 4.69) is 36.0 Å². The van der Waals surface area contributed by atoms with Crippen LogP contribution in [0.3, 0.4) is 0 Å². The first-order chi connectivity index (χ1) is 7.70. The Balaban J connectivity index is 2.03. The molecule has 0 aromatic carbocycles. The largest absolute Gasteiger partial charge is 0.315 e. The van der Waals surface area contributed by atoms with Gasteiger partial charge in [-0.05, 0) is 33.4 Å². The minimum Gasteiger partial charge on any atom is -0.315 e. The molecule has 1 atom stereocenters. The van der Waals surface area contributed by atoms with E-state index in [4.69, 9.17) is 0 Å². The van der Waals surface area contributed by atoms with Crippen molar-refractivity contribution < 1.29 is 0 Å². The maximum Gasteiger partial charge on any atom is 0.0900 e.